The van der Waals surface area contributed by atoms with Crippen molar-refractivity contribution in [1.82, 2.24) is 10.2 Å². The Bertz CT molecular complexity index is 381. The molecule has 0 atom stereocenters. The second kappa shape index (κ2) is 7.23. The zero-order valence-corrected chi connectivity index (χ0v) is 12.2. The molecule has 1 saturated heterocycles. The van der Waals surface area contributed by atoms with Gasteiger partial charge in [0, 0.05) is 19.6 Å². The maximum Gasteiger partial charge on any atom is 0.321 e. The molecule has 1 aliphatic rings. The number of carbonyl (C=O) groups excluding carboxylic acids is 3. The van der Waals surface area contributed by atoms with Crippen molar-refractivity contribution in [1.29, 1.82) is 0 Å². The van der Waals surface area contributed by atoms with Gasteiger partial charge < -0.3 is 19.7 Å². The molecule has 1 N–H and O–H groups in total. The van der Waals surface area contributed by atoms with Crippen LogP contribution in [-0.2, 0) is 23.9 Å². The van der Waals surface area contributed by atoms with Crippen molar-refractivity contribution in [2.45, 2.75) is 20.8 Å². The second-order valence-electron chi connectivity index (χ2n) is 5.03. The first kappa shape index (κ1) is 16.4. The predicted octanol–water partition coefficient (Wildman–Crippen LogP) is -0.449. The van der Waals surface area contributed by atoms with Crippen molar-refractivity contribution in [3.63, 3.8) is 0 Å². The largest absolute Gasteiger partial charge is 0.465 e. The summed E-state index contributed by atoms with van der Waals surface area (Å²) in [7, 11) is 0. The van der Waals surface area contributed by atoms with Gasteiger partial charge in [-0.25, -0.2) is 0 Å². The van der Waals surface area contributed by atoms with Crippen LogP contribution >= 0.6 is 0 Å². The zero-order chi connectivity index (χ0) is 15.2. The third-order valence-corrected chi connectivity index (χ3v) is 3.10. The molecule has 0 radical (unpaired) electrons. The maximum absolute atomic E-state index is 12.0. The zero-order valence-electron chi connectivity index (χ0n) is 12.2. The summed E-state index contributed by atoms with van der Waals surface area (Å²) in [6.07, 6.45) is 0. The Morgan fingerprint density at radius 2 is 2.15 bits per heavy atom. The molecule has 20 heavy (non-hydrogen) atoms. The highest BCUT2D eigenvalue weighted by atomic mass is 16.5. The van der Waals surface area contributed by atoms with Gasteiger partial charge in [0.2, 0.25) is 11.8 Å². The van der Waals surface area contributed by atoms with Crippen LogP contribution in [0.5, 0.6) is 0 Å². The Labute approximate surface area is 118 Å². The Morgan fingerprint density at radius 1 is 1.45 bits per heavy atom. The first-order valence-corrected chi connectivity index (χ1v) is 6.70. The van der Waals surface area contributed by atoms with E-state index in [0.717, 1.165) is 0 Å². The van der Waals surface area contributed by atoms with Crippen LogP contribution in [0.25, 0.3) is 0 Å². The molecule has 1 aliphatic heterocycles. The smallest absolute Gasteiger partial charge is 0.321 e. The lowest BCUT2D eigenvalue weighted by Crippen LogP contribution is -2.48. The molecule has 7 heteroatoms. The van der Waals surface area contributed by atoms with Crippen LogP contribution in [0.1, 0.15) is 20.8 Å². The number of hydrogen-bond donors (Lipinski definition) is 1. The van der Waals surface area contributed by atoms with Crippen LogP contribution in [0.4, 0.5) is 0 Å². The van der Waals surface area contributed by atoms with Crippen molar-refractivity contribution in [3.05, 3.63) is 0 Å². The molecule has 7 nitrogen and oxygen atoms in total. The number of nitrogens with zero attached hydrogens (tertiary/aromatic N) is 1. The van der Waals surface area contributed by atoms with E-state index in [2.05, 4.69) is 5.32 Å². The summed E-state index contributed by atoms with van der Waals surface area (Å²) < 4.78 is 9.87. The number of carbonyl (C=O) groups is 3. The normalized spacial score (nSPS) is 15.9. The molecule has 0 bridgehead atoms. The summed E-state index contributed by atoms with van der Waals surface area (Å²) in [6.45, 7) is 6.78. The van der Waals surface area contributed by atoms with Gasteiger partial charge in [0.15, 0.2) is 0 Å². The van der Waals surface area contributed by atoms with Crippen molar-refractivity contribution in [2.24, 2.45) is 5.41 Å². The molecule has 2 amide bonds. The fourth-order valence-corrected chi connectivity index (χ4v) is 1.72. The van der Waals surface area contributed by atoms with Gasteiger partial charge in [0.05, 0.1) is 13.2 Å². The quantitative estimate of drug-likeness (QED) is 0.528. The van der Waals surface area contributed by atoms with E-state index in [0.29, 0.717) is 26.2 Å². The molecular weight excluding hydrogens is 264 g/mol. The van der Waals surface area contributed by atoms with Crippen molar-refractivity contribution >= 4 is 17.8 Å². The van der Waals surface area contributed by atoms with Crippen LogP contribution in [0, 0.1) is 5.41 Å². The van der Waals surface area contributed by atoms with E-state index in [4.69, 9.17) is 9.47 Å². The lowest BCUT2D eigenvalue weighted by atomic mass is 9.92. The lowest BCUT2D eigenvalue weighted by molar-refractivity contribution is -0.158. The summed E-state index contributed by atoms with van der Waals surface area (Å²) >= 11 is 0. The van der Waals surface area contributed by atoms with Gasteiger partial charge in [-0.05, 0) is 20.8 Å². The fraction of sp³-hybridized carbons (Fsp3) is 0.769. The van der Waals surface area contributed by atoms with Crippen LogP contribution in [-0.4, -0.2) is 62.1 Å². The number of amides is 2. The summed E-state index contributed by atoms with van der Waals surface area (Å²) in [4.78, 5) is 36.7. The van der Waals surface area contributed by atoms with Gasteiger partial charge in [0.1, 0.15) is 12.0 Å². The van der Waals surface area contributed by atoms with E-state index in [1.165, 1.54) is 13.8 Å². The minimum atomic E-state index is -1.23. The Kier molecular flexibility index (Phi) is 5.94. The van der Waals surface area contributed by atoms with E-state index >= 15 is 0 Å². The number of morpholine rings is 1. The summed E-state index contributed by atoms with van der Waals surface area (Å²) in [5.74, 6) is -1.05. The Morgan fingerprint density at radius 3 is 2.75 bits per heavy atom. The number of ether oxygens (including phenoxy) is 2. The van der Waals surface area contributed by atoms with E-state index in [1.807, 2.05) is 0 Å². The molecule has 0 aliphatic carbocycles. The van der Waals surface area contributed by atoms with Gasteiger partial charge in [0.25, 0.3) is 0 Å². The molecule has 0 aromatic carbocycles. The van der Waals surface area contributed by atoms with Crippen LogP contribution < -0.4 is 5.32 Å². The van der Waals surface area contributed by atoms with E-state index in [9.17, 15) is 14.4 Å². The van der Waals surface area contributed by atoms with Gasteiger partial charge in [-0.3, -0.25) is 14.4 Å². The summed E-state index contributed by atoms with van der Waals surface area (Å²) in [5, 5.41) is 2.66. The van der Waals surface area contributed by atoms with E-state index in [1.54, 1.807) is 11.8 Å². The predicted molar refractivity (Wildman–Crippen MR) is 70.8 cm³/mol. The Hall–Kier alpha value is -1.63. The molecule has 0 saturated carbocycles. The molecular formula is C13H22N2O5. The Balaban J connectivity index is 2.38. The second-order valence-corrected chi connectivity index (χ2v) is 5.03. The third-order valence-electron chi connectivity index (χ3n) is 3.10. The SMILES string of the molecule is CCOC(=O)C(C)(C)C(=O)NCCN1CCOCC1=O. The van der Waals surface area contributed by atoms with Crippen LogP contribution in [0.2, 0.25) is 0 Å². The number of esters is 1. The van der Waals surface area contributed by atoms with Crippen LogP contribution in [0.15, 0.2) is 0 Å². The molecule has 0 spiro atoms. The highest BCUT2D eigenvalue weighted by Gasteiger charge is 2.37. The van der Waals surface area contributed by atoms with Gasteiger partial charge in [-0.2, -0.15) is 0 Å². The lowest BCUT2D eigenvalue weighted by Gasteiger charge is -2.27. The van der Waals surface area contributed by atoms with Crippen molar-refractivity contribution in [3.8, 4) is 0 Å². The molecule has 0 unspecified atom stereocenters. The molecule has 0 aromatic rings. The number of nitrogens with one attached hydrogen (secondary N) is 1. The number of rotatable bonds is 6. The average Bonchev–Trinajstić information content (AvgIpc) is 2.41. The van der Waals surface area contributed by atoms with Gasteiger partial charge in [-0.1, -0.05) is 0 Å². The molecule has 114 valence electrons. The van der Waals surface area contributed by atoms with Gasteiger partial charge in [-0.15, -0.1) is 0 Å². The first-order valence-electron chi connectivity index (χ1n) is 6.70. The highest BCUT2D eigenvalue weighted by Crippen LogP contribution is 2.17. The molecule has 0 aromatic heterocycles. The highest BCUT2D eigenvalue weighted by molar-refractivity contribution is 6.01. The topological polar surface area (TPSA) is 84.9 Å². The van der Waals surface area contributed by atoms with Gasteiger partial charge >= 0.3 is 5.97 Å². The minimum Gasteiger partial charge on any atom is -0.465 e. The minimum absolute atomic E-state index is 0.0856. The summed E-state index contributed by atoms with van der Waals surface area (Å²) in [5.41, 5.74) is -1.23. The molecule has 1 fully saturated rings. The third kappa shape index (κ3) is 4.19. The van der Waals surface area contributed by atoms with Crippen molar-refractivity contribution in [2.75, 3.05) is 39.5 Å². The van der Waals surface area contributed by atoms with Crippen molar-refractivity contribution < 1.29 is 23.9 Å². The average molecular weight is 286 g/mol. The number of hydrogen-bond acceptors (Lipinski definition) is 5. The monoisotopic (exact) mass is 286 g/mol. The first-order chi connectivity index (χ1) is 9.39. The summed E-state index contributed by atoms with van der Waals surface area (Å²) in [6, 6.07) is 0. The van der Waals surface area contributed by atoms with Crippen LogP contribution in [0.3, 0.4) is 0 Å². The fourth-order valence-electron chi connectivity index (χ4n) is 1.72. The maximum atomic E-state index is 12.0. The molecule has 1 heterocycles. The standard InChI is InChI=1S/C13H22N2O5/c1-4-20-12(18)13(2,3)11(17)14-5-6-15-7-8-19-9-10(15)16/h4-9H2,1-3H3,(H,14,17). The van der Waals surface area contributed by atoms with E-state index < -0.39 is 17.3 Å². The van der Waals surface area contributed by atoms with E-state index in [-0.39, 0.29) is 19.1 Å². The molecule has 1 rings (SSSR count).